The summed E-state index contributed by atoms with van der Waals surface area (Å²) in [7, 11) is 9.32. The second-order valence-electron chi connectivity index (χ2n) is 26.0. The largest absolute Gasteiger partial charge is 0.457 e. The van der Waals surface area contributed by atoms with Crippen molar-refractivity contribution in [2.24, 2.45) is 5.41 Å². The molecule has 592 valence electrons. The molecule has 0 aliphatic heterocycles. The Bertz CT molecular complexity index is 4890. The molecule has 11 aromatic carbocycles. The summed E-state index contributed by atoms with van der Waals surface area (Å²) in [5.41, 5.74) is 4.60. The van der Waals surface area contributed by atoms with E-state index in [0.29, 0.717) is 96.6 Å². The summed E-state index contributed by atoms with van der Waals surface area (Å²) in [5.74, 6) is 4.94. The SMILES string of the molecule is C#CCN(C)c1ccc(Cl)cc1Oc1ccccc1F.CCCC(=O)OCN(C)c1ccc(Cl)cc1Oc1ccccc1F.CCOCN(C)c1cccc(Oc2ccccc2)c1.CN(COC(=O)C(C)(C)C)c1ccc(Cl)cc1Oc1ccccc1F.CN(Cc1ccccc1)c1ccc(Cl)cc1Oc1ccc(Cl)cc1Cl. The minimum Gasteiger partial charge on any atom is -0.457 e. The number of benzene rings is 11. The highest BCUT2D eigenvalue weighted by atomic mass is 35.5. The van der Waals surface area contributed by atoms with Crippen LogP contribution < -0.4 is 48.2 Å². The van der Waals surface area contributed by atoms with Crippen LogP contribution >= 0.6 is 69.6 Å². The van der Waals surface area contributed by atoms with Crippen molar-refractivity contribution in [1.82, 2.24) is 0 Å². The van der Waals surface area contributed by atoms with Gasteiger partial charge in [-0.25, -0.2) is 13.2 Å². The minimum atomic E-state index is -0.590. The Morgan fingerprint density at radius 3 is 1.23 bits per heavy atom. The number of halogens is 9. The van der Waals surface area contributed by atoms with Crippen molar-refractivity contribution in [1.29, 1.82) is 0 Å². The summed E-state index contributed by atoms with van der Waals surface area (Å²) in [4.78, 5) is 32.8. The first-order valence-corrected chi connectivity index (χ1v) is 37.7. The van der Waals surface area contributed by atoms with Crippen molar-refractivity contribution in [2.75, 3.05) is 93.1 Å². The topological polar surface area (TPSA) is 124 Å². The van der Waals surface area contributed by atoms with E-state index in [-0.39, 0.29) is 42.6 Å². The molecule has 0 unspecified atom stereocenters. The summed E-state index contributed by atoms with van der Waals surface area (Å²) in [6, 6.07) is 72.2. The summed E-state index contributed by atoms with van der Waals surface area (Å²) >= 11 is 36.4. The van der Waals surface area contributed by atoms with Crippen LogP contribution in [0.4, 0.5) is 41.6 Å². The Morgan fingerprint density at radius 2 is 0.796 bits per heavy atom. The highest BCUT2D eigenvalue weighted by Gasteiger charge is 2.25. The molecule has 0 aliphatic carbocycles. The molecule has 0 heterocycles. The fourth-order valence-electron chi connectivity index (χ4n) is 9.99. The molecular formula is C89H88Cl6F3N5O10. The number of carbonyl (C=O) groups excluding carboxylic acids is 2. The lowest BCUT2D eigenvalue weighted by Crippen LogP contribution is -2.29. The van der Waals surface area contributed by atoms with E-state index in [2.05, 4.69) is 23.0 Å². The van der Waals surface area contributed by atoms with Gasteiger partial charge in [0.15, 0.2) is 71.2 Å². The molecule has 0 spiro atoms. The number of hydrogen-bond acceptors (Lipinski definition) is 15. The third-order valence-electron chi connectivity index (χ3n) is 15.8. The van der Waals surface area contributed by atoms with Crippen molar-refractivity contribution < 1.29 is 60.7 Å². The quantitative estimate of drug-likeness (QED) is 0.0275. The van der Waals surface area contributed by atoms with Crippen molar-refractivity contribution in [3.8, 4) is 69.8 Å². The maximum absolute atomic E-state index is 13.9. The highest BCUT2D eigenvalue weighted by Crippen LogP contribution is 2.41. The average molecular weight is 1660 g/mol. The van der Waals surface area contributed by atoms with Gasteiger partial charge in [0.2, 0.25) is 0 Å². The molecule has 0 radical (unpaired) electrons. The predicted molar refractivity (Wildman–Crippen MR) is 453 cm³/mol. The maximum Gasteiger partial charge on any atom is 0.312 e. The normalized spacial score (nSPS) is 10.5. The molecule has 0 fully saturated rings. The van der Waals surface area contributed by atoms with Crippen LogP contribution in [0, 0.1) is 35.2 Å². The summed E-state index contributed by atoms with van der Waals surface area (Å²) in [6.45, 7) is 11.8. The van der Waals surface area contributed by atoms with E-state index in [9.17, 15) is 22.8 Å². The Hall–Kier alpha value is -10.6. The number of anilines is 5. The van der Waals surface area contributed by atoms with E-state index < -0.39 is 22.9 Å². The predicted octanol–water partition coefficient (Wildman–Crippen LogP) is 25.6. The van der Waals surface area contributed by atoms with Crippen LogP contribution in [0.5, 0.6) is 57.5 Å². The van der Waals surface area contributed by atoms with Crippen molar-refractivity contribution >= 4 is 110 Å². The first-order chi connectivity index (χ1) is 54.1. The molecule has 0 saturated carbocycles. The highest BCUT2D eigenvalue weighted by molar-refractivity contribution is 6.35. The van der Waals surface area contributed by atoms with Crippen LogP contribution in [0.25, 0.3) is 0 Å². The van der Waals surface area contributed by atoms with Gasteiger partial charge in [-0.15, -0.1) is 6.42 Å². The van der Waals surface area contributed by atoms with Gasteiger partial charge in [-0.1, -0.05) is 173 Å². The molecule has 0 saturated heterocycles. The summed E-state index contributed by atoms with van der Waals surface area (Å²) in [6.07, 6.45) is 6.40. The minimum absolute atomic E-state index is 0.0331. The Kier molecular flexibility index (Phi) is 36.3. The van der Waals surface area contributed by atoms with Crippen molar-refractivity contribution in [2.45, 2.75) is 54.0 Å². The molecular weight excluding hydrogens is 1570 g/mol. The van der Waals surface area contributed by atoms with Gasteiger partial charge < -0.3 is 62.4 Å². The van der Waals surface area contributed by atoms with E-state index in [1.165, 1.54) is 35.9 Å². The van der Waals surface area contributed by atoms with Crippen LogP contribution in [-0.2, 0) is 30.3 Å². The fourth-order valence-corrected chi connectivity index (χ4v) is 11.1. The molecule has 0 N–H and O–H groups in total. The Morgan fingerprint density at radius 1 is 0.398 bits per heavy atom. The van der Waals surface area contributed by atoms with Crippen LogP contribution in [-0.4, -0.2) is 80.5 Å². The van der Waals surface area contributed by atoms with Gasteiger partial charge in [-0.05, 0) is 167 Å². The lowest BCUT2D eigenvalue weighted by molar-refractivity contribution is -0.152. The van der Waals surface area contributed by atoms with Crippen LogP contribution in [0.1, 0.15) is 53.0 Å². The third kappa shape index (κ3) is 29.8. The van der Waals surface area contributed by atoms with E-state index in [0.717, 1.165) is 41.5 Å². The van der Waals surface area contributed by atoms with E-state index in [1.807, 2.05) is 130 Å². The van der Waals surface area contributed by atoms with Crippen LogP contribution in [0.2, 0.25) is 30.1 Å². The smallest absolute Gasteiger partial charge is 0.312 e. The number of nitrogens with zero attached hydrogens (tertiary/aromatic N) is 5. The second kappa shape index (κ2) is 45.8. The van der Waals surface area contributed by atoms with Gasteiger partial charge in [0.05, 0.1) is 39.7 Å². The molecule has 11 aromatic rings. The van der Waals surface area contributed by atoms with Gasteiger partial charge in [0.25, 0.3) is 0 Å². The van der Waals surface area contributed by atoms with Crippen molar-refractivity contribution in [3.05, 3.63) is 302 Å². The number of hydrogen-bond donors (Lipinski definition) is 0. The number of esters is 2. The number of carbonyl (C=O) groups is 2. The molecule has 0 amide bonds. The lowest BCUT2D eigenvalue weighted by Gasteiger charge is -2.24. The zero-order valence-corrected chi connectivity index (χ0v) is 68.7. The van der Waals surface area contributed by atoms with E-state index in [4.69, 9.17) is 114 Å². The number of terminal acetylenes is 1. The summed E-state index contributed by atoms with van der Waals surface area (Å²) in [5, 5.41) is 3.02. The molecule has 0 atom stereocenters. The Balaban J connectivity index is 0.000000197. The van der Waals surface area contributed by atoms with Gasteiger partial charge in [0, 0.05) is 116 Å². The zero-order chi connectivity index (χ0) is 82.0. The second-order valence-corrected chi connectivity index (χ2v) is 28.5. The number of rotatable bonds is 27. The van der Waals surface area contributed by atoms with E-state index in [1.54, 1.807) is 166 Å². The standard InChI is InChI=1S/C20H16Cl3NO.C19H21ClFNO3.C18H19ClFNO3.C16H13ClFNO.C16H19NO2/c1-24(13-14-5-3-2-4-6-14)18-9-7-16(22)12-20(18)25-19-10-8-15(21)11-17(19)23;1-19(2,3)18(23)24-12-22(4)15-10-9-13(20)11-17(15)25-16-8-6-5-7-14(16)21;1-3-6-18(22)23-12-21(2)15-10-9-13(19)11-17(15)24-16-8-5-4-7-14(16)20;1-3-10-19(2)14-9-8-12(17)11-16(14)20-15-7-5-4-6-13(15)18;1-3-18-13-17(2)14-8-7-11-16(12-14)19-15-9-5-4-6-10-15/h2-12H,13H2,1H3;5-11H,12H2,1-4H3;4-5,7-11H,3,6,12H2,1-2H3;1,4-9,11H,10H2,2H3;4-12H,3,13H2,1-2H3. The lowest BCUT2D eigenvalue weighted by atomic mass is 9.98. The molecule has 0 bridgehead atoms. The molecule has 24 heteroatoms. The monoisotopic (exact) mass is 1650 g/mol. The number of para-hydroxylation sites is 4. The van der Waals surface area contributed by atoms with Crippen molar-refractivity contribution in [3.63, 3.8) is 0 Å². The van der Waals surface area contributed by atoms with Crippen LogP contribution in [0.3, 0.4) is 0 Å². The molecule has 15 nitrogen and oxygen atoms in total. The first-order valence-electron chi connectivity index (χ1n) is 35.5. The zero-order valence-electron chi connectivity index (χ0n) is 64.1. The third-order valence-corrected chi connectivity index (χ3v) is 17.3. The van der Waals surface area contributed by atoms with Gasteiger partial charge >= 0.3 is 11.9 Å². The summed E-state index contributed by atoms with van der Waals surface area (Å²) < 4.78 is 86.0. The fraction of sp³-hybridized carbons (Fsp3) is 0.213. The van der Waals surface area contributed by atoms with E-state index >= 15 is 0 Å². The maximum atomic E-state index is 13.9. The molecule has 11 rings (SSSR count). The molecule has 113 heavy (non-hydrogen) atoms. The van der Waals surface area contributed by atoms with Gasteiger partial charge in [-0.3, -0.25) is 9.59 Å². The van der Waals surface area contributed by atoms with Gasteiger partial charge in [0.1, 0.15) is 24.0 Å². The van der Waals surface area contributed by atoms with Gasteiger partial charge in [-0.2, -0.15) is 0 Å². The molecule has 0 aromatic heterocycles. The molecule has 0 aliphatic rings. The average Bonchev–Trinajstić information content (AvgIpc) is 0.836. The number of ether oxygens (including phenoxy) is 8. The first kappa shape index (κ1) is 89.6. The van der Waals surface area contributed by atoms with Crippen LogP contribution in [0.15, 0.2) is 249 Å². The Labute approximate surface area is 690 Å².